The van der Waals surface area contributed by atoms with Gasteiger partial charge in [0.15, 0.2) is 11.5 Å². The van der Waals surface area contributed by atoms with Crippen LogP contribution >= 0.6 is 23.5 Å². The van der Waals surface area contributed by atoms with E-state index in [0.29, 0.717) is 36.2 Å². The largest absolute Gasteiger partial charge is 0.382 e. The molecule has 3 atom stereocenters. The summed E-state index contributed by atoms with van der Waals surface area (Å²) >= 11 is 4.08. The van der Waals surface area contributed by atoms with Crippen molar-refractivity contribution in [3.63, 3.8) is 0 Å². The quantitative estimate of drug-likeness (QED) is 0.0763. The molecule has 0 radical (unpaired) electrons. The summed E-state index contributed by atoms with van der Waals surface area (Å²) in [4.78, 5) is 37.1. The Morgan fingerprint density at radius 3 is 2.39 bits per heavy atom. The highest BCUT2D eigenvalue weighted by Crippen LogP contribution is 2.63. The first-order valence-electron chi connectivity index (χ1n) is 16.1. The maximum atomic E-state index is 12.7. The van der Waals surface area contributed by atoms with E-state index in [1.807, 2.05) is 40.2 Å². The molecule has 14 heteroatoms. The van der Waals surface area contributed by atoms with E-state index in [-0.39, 0.29) is 39.3 Å². The number of benzene rings is 1. The van der Waals surface area contributed by atoms with Crippen LogP contribution in [-0.4, -0.2) is 61.8 Å². The van der Waals surface area contributed by atoms with Crippen LogP contribution in [0.4, 0.5) is 11.5 Å². The summed E-state index contributed by atoms with van der Waals surface area (Å²) in [6.45, 7) is 12.0. The zero-order valence-electron chi connectivity index (χ0n) is 27.4. The first-order valence-corrected chi connectivity index (χ1v) is 21.1. The van der Waals surface area contributed by atoms with Crippen molar-refractivity contribution < 1.29 is 19.5 Å². The lowest BCUT2D eigenvalue weighted by Gasteiger charge is -2.49. The Bertz CT molecular complexity index is 1520. The highest BCUT2D eigenvalue weighted by atomic mass is 32.2. The predicted octanol–water partition coefficient (Wildman–Crippen LogP) is 6.48. The standard InChI is InChI=1S/C32H47N7O4S2Si/c1-31(2,3)46(4,5)30-23(18-26(43-30)39-20-36-27-28(33)34-19-35-29(27)39)32(44-16-9-17-45-32)21-12-14-22(15-13-21)37-24(40)10-7-6-8-11-25(41)38-42/h12-15,19-20,23,26,30,42H,6-11,16-18H2,1-5H3,(H,37,40)(H,38,41)(H2,33,34,35)/t23-,26?,30+/m0/s1. The van der Waals surface area contributed by atoms with Gasteiger partial charge in [-0.2, -0.15) is 0 Å². The number of nitrogen functional groups attached to an aromatic ring is 1. The number of amides is 2. The summed E-state index contributed by atoms with van der Waals surface area (Å²) in [6, 6.07) is 8.41. The van der Waals surface area contributed by atoms with Crippen LogP contribution in [-0.2, 0) is 18.4 Å². The number of fused-ring (bicyclic) bond motifs is 1. The number of hydrogen-bond donors (Lipinski definition) is 4. The van der Waals surface area contributed by atoms with Gasteiger partial charge in [0.25, 0.3) is 0 Å². The Morgan fingerprint density at radius 1 is 1.07 bits per heavy atom. The molecule has 2 aromatic heterocycles. The first-order chi connectivity index (χ1) is 21.9. The van der Waals surface area contributed by atoms with Gasteiger partial charge in [0.2, 0.25) is 11.8 Å². The summed E-state index contributed by atoms with van der Waals surface area (Å²) in [6.07, 6.45) is 7.74. The van der Waals surface area contributed by atoms with Crippen LogP contribution in [0.2, 0.25) is 18.1 Å². The third-order valence-electron chi connectivity index (χ3n) is 9.88. The summed E-state index contributed by atoms with van der Waals surface area (Å²) in [5, 5.41) is 11.8. The minimum atomic E-state index is -2.02. The van der Waals surface area contributed by atoms with E-state index < -0.39 is 14.0 Å². The SMILES string of the molecule is CC(C)(C)[Si](C)(C)[C@H]1OC(n2cnc3c(N)ncnc32)C[C@@H]1C1(c2ccc(NC(=O)CCCCCC(=O)NO)cc2)SCCCS1. The molecular formula is C32H47N7O4S2Si. The molecule has 11 nitrogen and oxygen atoms in total. The van der Waals surface area contributed by atoms with Crippen LogP contribution < -0.4 is 16.5 Å². The average molecular weight is 686 g/mol. The van der Waals surface area contributed by atoms with Gasteiger partial charge >= 0.3 is 0 Å². The summed E-state index contributed by atoms with van der Waals surface area (Å²) in [7, 11) is -2.02. The second-order valence-corrected chi connectivity index (χ2v) is 22.3. The lowest BCUT2D eigenvalue weighted by molar-refractivity contribution is -0.129. The number of anilines is 2. The van der Waals surface area contributed by atoms with E-state index in [0.717, 1.165) is 30.0 Å². The predicted molar refractivity (Wildman–Crippen MR) is 188 cm³/mol. The zero-order valence-corrected chi connectivity index (χ0v) is 30.0. The highest BCUT2D eigenvalue weighted by Gasteiger charge is 2.59. The summed E-state index contributed by atoms with van der Waals surface area (Å²) in [5.41, 5.74) is 11.2. The van der Waals surface area contributed by atoms with E-state index in [2.05, 4.69) is 66.3 Å². The van der Waals surface area contributed by atoms with Crippen LogP contribution in [0.1, 0.15) is 77.5 Å². The molecule has 2 aliphatic heterocycles. The van der Waals surface area contributed by atoms with Crippen molar-refractivity contribution in [2.75, 3.05) is 22.6 Å². The van der Waals surface area contributed by atoms with Crippen LogP contribution in [0.5, 0.6) is 0 Å². The fourth-order valence-corrected chi connectivity index (χ4v) is 13.0. The third kappa shape index (κ3) is 7.10. The monoisotopic (exact) mass is 685 g/mol. The maximum Gasteiger partial charge on any atom is 0.243 e. The lowest BCUT2D eigenvalue weighted by atomic mass is 9.95. The molecule has 2 saturated heterocycles. The molecule has 0 saturated carbocycles. The number of hydroxylamine groups is 1. The van der Waals surface area contributed by atoms with Gasteiger partial charge in [0.05, 0.1) is 24.2 Å². The molecule has 4 heterocycles. The molecule has 0 spiro atoms. The lowest BCUT2D eigenvalue weighted by Crippen LogP contribution is -2.55. The first kappa shape index (κ1) is 34.7. The van der Waals surface area contributed by atoms with Crippen molar-refractivity contribution in [3.05, 3.63) is 42.5 Å². The maximum absolute atomic E-state index is 12.7. The molecule has 3 aromatic rings. The number of nitrogens with two attached hydrogens (primary N) is 1. The highest BCUT2D eigenvalue weighted by molar-refractivity contribution is 8.18. The molecule has 1 unspecified atom stereocenters. The fraction of sp³-hybridized carbons (Fsp3) is 0.594. The van der Waals surface area contributed by atoms with Crippen molar-refractivity contribution in [3.8, 4) is 0 Å². The van der Waals surface area contributed by atoms with Crippen molar-refractivity contribution in [2.24, 2.45) is 5.92 Å². The Kier molecular flexibility index (Phi) is 10.7. The third-order valence-corrected chi connectivity index (χ3v) is 19.3. The second kappa shape index (κ2) is 14.2. The molecule has 250 valence electrons. The van der Waals surface area contributed by atoms with Gasteiger partial charge in [-0.1, -0.05) is 52.4 Å². The van der Waals surface area contributed by atoms with E-state index >= 15 is 0 Å². The van der Waals surface area contributed by atoms with Gasteiger partial charge in [-0.3, -0.25) is 19.4 Å². The van der Waals surface area contributed by atoms with Crippen LogP contribution in [0.15, 0.2) is 36.9 Å². The Balaban J connectivity index is 1.40. The number of hydrogen-bond acceptors (Lipinski definition) is 10. The number of imidazole rings is 1. The Morgan fingerprint density at radius 2 is 1.74 bits per heavy atom. The number of rotatable bonds is 11. The number of aromatic nitrogens is 4. The molecule has 2 aliphatic rings. The fourth-order valence-electron chi connectivity index (χ4n) is 6.33. The van der Waals surface area contributed by atoms with E-state index in [4.69, 9.17) is 15.7 Å². The molecule has 5 rings (SSSR count). The van der Waals surface area contributed by atoms with Gasteiger partial charge in [-0.05, 0) is 53.5 Å². The topological polar surface area (TPSA) is 157 Å². The van der Waals surface area contributed by atoms with Gasteiger partial charge in [0.1, 0.15) is 18.1 Å². The molecule has 46 heavy (non-hydrogen) atoms. The molecule has 2 fully saturated rings. The Hall–Kier alpha value is -2.65. The average Bonchev–Trinajstić information content (AvgIpc) is 3.67. The Labute approximate surface area is 280 Å². The van der Waals surface area contributed by atoms with Gasteiger partial charge in [-0.25, -0.2) is 20.4 Å². The zero-order chi connectivity index (χ0) is 33.1. The second-order valence-electron chi connectivity index (χ2n) is 13.8. The summed E-state index contributed by atoms with van der Waals surface area (Å²) < 4.78 is 9.01. The molecule has 5 N–H and O–H groups in total. The van der Waals surface area contributed by atoms with Crippen molar-refractivity contribution >= 4 is 66.1 Å². The van der Waals surface area contributed by atoms with Gasteiger partial charge in [-0.15, -0.1) is 23.5 Å². The van der Waals surface area contributed by atoms with Crippen LogP contribution in [0.25, 0.3) is 11.2 Å². The number of nitrogens with one attached hydrogen (secondary N) is 2. The van der Waals surface area contributed by atoms with Crippen LogP contribution in [0.3, 0.4) is 0 Å². The van der Waals surface area contributed by atoms with Crippen molar-refractivity contribution in [1.82, 2.24) is 25.0 Å². The number of thioether (sulfide) groups is 2. The van der Waals surface area contributed by atoms with Gasteiger partial charge in [0, 0.05) is 30.9 Å². The normalized spacial score (nSPS) is 21.7. The summed E-state index contributed by atoms with van der Waals surface area (Å²) in [5.74, 6) is 2.31. The number of ether oxygens (including phenoxy) is 1. The van der Waals surface area contributed by atoms with Crippen LogP contribution in [0, 0.1) is 5.92 Å². The van der Waals surface area contributed by atoms with Gasteiger partial charge < -0.3 is 15.8 Å². The molecule has 1 aromatic carbocycles. The molecular weight excluding hydrogens is 639 g/mol. The van der Waals surface area contributed by atoms with Crippen molar-refractivity contribution in [2.45, 2.75) is 99.9 Å². The molecule has 0 aliphatic carbocycles. The number of unbranched alkanes of at least 4 members (excludes halogenated alkanes) is 2. The van der Waals surface area contributed by atoms with E-state index in [9.17, 15) is 9.59 Å². The van der Waals surface area contributed by atoms with E-state index in [1.54, 1.807) is 11.8 Å². The molecule has 2 amide bonds. The minimum absolute atomic E-state index is 0.0440. The molecule has 0 bridgehead atoms. The van der Waals surface area contributed by atoms with Crippen molar-refractivity contribution in [1.29, 1.82) is 0 Å². The number of carbonyl (C=O) groups is 2. The number of carbonyl (C=O) groups excluding carboxylic acids is 2. The smallest absolute Gasteiger partial charge is 0.243 e. The number of nitrogens with zero attached hydrogens (tertiary/aromatic N) is 4. The minimum Gasteiger partial charge on any atom is -0.382 e. The van der Waals surface area contributed by atoms with E-state index in [1.165, 1.54) is 18.3 Å².